The van der Waals surface area contributed by atoms with Gasteiger partial charge in [-0.3, -0.25) is 14.6 Å². The van der Waals surface area contributed by atoms with Crippen molar-refractivity contribution in [1.29, 1.82) is 0 Å². The van der Waals surface area contributed by atoms with Crippen molar-refractivity contribution in [1.82, 2.24) is 29.9 Å². The van der Waals surface area contributed by atoms with E-state index >= 15 is 0 Å². The van der Waals surface area contributed by atoms with E-state index in [4.69, 9.17) is 11.6 Å². The van der Waals surface area contributed by atoms with Gasteiger partial charge in [-0.25, -0.2) is 18.4 Å². The third kappa shape index (κ3) is 7.04. The Hall–Kier alpha value is -3.84. The zero-order valence-electron chi connectivity index (χ0n) is 23.5. The number of sulfonamides is 1. The molecular weight excluding hydrogens is 613 g/mol. The number of halogens is 2. The van der Waals surface area contributed by atoms with Crippen molar-refractivity contribution in [2.45, 2.75) is 29.8 Å². The first-order valence-corrected chi connectivity index (χ1v) is 15.1. The van der Waals surface area contributed by atoms with E-state index in [9.17, 15) is 18.0 Å². The van der Waals surface area contributed by atoms with E-state index < -0.39 is 22.1 Å². The van der Waals surface area contributed by atoms with Gasteiger partial charge in [-0.2, -0.15) is 4.31 Å². The van der Waals surface area contributed by atoms with Gasteiger partial charge >= 0.3 is 0 Å². The highest BCUT2D eigenvalue weighted by molar-refractivity contribution is 7.89. The number of piperazine rings is 1. The smallest absolute Gasteiger partial charge is 0.243 e. The summed E-state index contributed by atoms with van der Waals surface area (Å²) in [6.45, 7) is -0.0117. The molecule has 0 aliphatic carbocycles. The first-order chi connectivity index (χ1) is 20.2. The number of fused-ring (bicyclic) bond motifs is 1. The first-order valence-electron chi connectivity index (χ1n) is 13.3. The van der Waals surface area contributed by atoms with Gasteiger partial charge in [0.05, 0.1) is 17.0 Å². The van der Waals surface area contributed by atoms with Gasteiger partial charge in [-0.15, -0.1) is 12.4 Å². The summed E-state index contributed by atoms with van der Waals surface area (Å²) in [5, 5.41) is 7.34. The van der Waals surface area contributed by atoms with Crippen molar-refractivity contribution in [2.24, 2.45) is 0 Å². The number of carbonyl (C=O) groups excluding carboxylic acids is 2. The van der Waals surface area contributed by atoms with Crippen LogP contribution < -0.4 is 15.5 Å². The Kier molecular flexibility index (Phi) is 10.2. The molecule has 2 amide bonds. The first kappa shape index (κ1) is 32.1. The maximum Gasteiger partial charge on any atom is 0.243 e. The minimum Gasteiger partial charge on any atom is -0.359 e. The number of rotatable bonds is 8. The SMILES string of the molecule is CNC(=O)C[C@@H]1CN(S(=O)(=O)c2ccc3cc(Cl)ccc3c2)C[C@H](CC(=O)NC)N1c1ncc(-c2ccncc2)cn1.Cl. The number of carbonyl (C=O) groups is 2. The van der Waals surface area contributed by atoms with Gasteiger partial charge in [0.2, 0.25) is 27.8 Å². The molecule has 0 bridgehead atoms. The third-order valence-electron chi connectivity index (χ3n) is 7.31. The Morgan fingerprint density at radius 1 is 0.860 bits per heavy atom. The van der Waals surface area contributed by atoms with Crippen LogP contribution in [0.3, 0.4) is 0 Å². The zero-order valence-corrected chi connectivity index (χ0v) is 25.9. The molecule has 1 aliphatic rings. The fourth-order valence-electron chi connectivity index (χ4n) is 5.15. The second kappa shape index (κ2) is 13.6. The van der Waals surface area contributed by atoms with Gasteiger partial charge in [0.25, 0.3) is 0 Å². The van der Waals surface area contributed by atoms with E-state index in [1.807, 2.05) is 12.1 Å². The van der Waals surface area contributed by atoms with Crippen LogP contribution in [0.2, 0.25) is 5.02 Å². The minimum atomic E-state index is -4.00. The molecule has 2 atom stereocenters. The van der Waals surface area contributed by atoms with Crippen LogP contribution in [0.15, 0.2) is 78.2 Å². The van der Waals surface area contributed by atoms with Crippen LogP contribution >= 0.6 is 24.0 Å². The molecule has 1 saturated heterocycles. The molecule has 2 aromatic heterocycles. The van der Waals surface area contributed by atoms with Crippen LogP contribution in [0.25, 0.3) is 21.9 Å². The Morgan fingerprint density at radius 3 is 2.00 bits per heavy atom. The van der Waals surface area contributed by atoms with Crippen LogP contribution in [0.5, 0.6) is 0 Å². The summed E-state index contributed by atoms with van der Waals surface area (Å²) in [5.74, 6) is -0.256. The maximum atomic E-state index is 14.0. The monoisotopic (exact) mass is 643 g/mol. The molecule has 2 aromatic carbocycles. The van der Waals surface area contributed by atoms with Crippen LogP contribution in [-0.4, -0.2) is 78.8 Å². The molecule has 1 fully saturated rings. The molecule has 43 heavy (non-hydrogen) atoms. The van der Waals surface area contributed by atoms with Crippen molar-refractivity contribution in [3.05, 3.63) is 78.3 Å². The number of nitrogens with zero attached hydrogens (tertiary/aromatic N) is 5. The van der Waals surface area contributed by atoms with Crippen LogP contribution in [-0.2, 0) is 19.6 Å². The number of hydrogen-bond acceptors (Lipinski definition) is 8. The topological polar surface area (TPSA) is 137 Å². The van der Waals surface area contributed by atoms with Crippen LogP contribution in [0.4, 0.5) is 5.95 Å². The quantitative estimate of drug-likeness (QED) is 0.298. The predicted molar refractivity (Wildman–Crippen MR) is 168 cm³/mol. The second-order valence-corrected chi connectivity index (χ2v) is 12.3. The van der Waals surface area contributed by atoms with Crippen LogP contribution in [0, 0.1) is 0 Å². The molecule has 226 valence electrons. The fourth-order valence-corrected chi connectivity index (χ4v) is 6.88. The van der Waals surface area contributed by atoms with Gasteiger partial charge in [0, 0.05) is 75.4 Å². The normalized spacial score (nSPS) is 17.2. The predicted octanol–water partition coefficient (Wildman–Crippen LogP) is 3.29. The van der Waals surface area contributed by atoms with Gasteiger partial charge in [-0.05, 0) is 52.7 Å². The lowest BCUT2D eigenvalue weighted by Crippen LogP contribution is -2.62. The number of hydrogen-bond donors (Lipinski definition) is 2. The third-order valence-corrected chi connectivity index (χ3v) is 9.37. The van der Waals surface area contributed by atoms with Crippen molar-refractivity contribution < 1.29 is 18.0 Å². The van der Waals surface area contributed by atoms with E-state index in [1.54, 1.807) is 66.1 Å². The molecule has 0 spiro atoms. The summed E-state index contributed by atoms with van der Waals surface area (Å²) >= 11 is 6.10. The van der Waals surface area contributed by atoms with Crippen molar-refractivity contribution in [3.8, 4) is 11.1 Å². The Bertz CT molecular complexity index is 1680. The summed E-state index contributed by atoms with van der Waals surface area (Å²) in [6, 6.07) is 12.5. The summed E-state index contributed by atoms with van der Waals surface area (Å²) < 4.78 is 29.3. The lowest BCUT2D eigenvalue weighted by Gasteiger charge is -2.46. The van der Waals surface area contributed by atoms with Crippen molar-refractivity contribution in [2.75, 3.05) is 32.1 Å². The van der Waals surface area contributed by atoms with E-state index in [-0.39, 0.29) is 55.0 Å². The van der Waals surface area contributed by atoms with Crippen molar-refractivity contribution in [3.63, 3.8) is 0 Å². The minimum absolute atomic E-state index is 0. The lowest BCUT2D eigenvalue weighted by atomic mass is 10.0. The fraction of sp³-hybridized carbons (Fsp3) is 0.276. The number of pyridine rings is 1. The van der Waals surface area contributed by atoms with Gasteiger partial charge in [0.15, 0.2) is 0 Å². The molecule has 0 radical (unpaired) electrons. The highest BCUT2D eigenvalue weighted by Gasteiger charge is 2.42. The van der Waals surface area contributed by atoms with E-state index in [1.165, 1.54) is 18.4 Å². The number of anilines is 1. The Balaban J connectivity index is 0.00000423. The number of benzene rings is 2. The molecule has 3 heterocycles. The standard InChI is InChI=1S/C29H30ClN7O4S.ClH/c1-31-27(38)13-24-17-36(42(40,41)26-6-4-20-11-23(30)5-3-21(20)12-26)18-25(14-28(39)32-2)37(24)29-34-15-22(16-35-29)19-7-9-33-10-8-19;/h3-12,15-16,24-25H,13-14,17-18H2,1-2H3,(H,31,38)(H,32,39);1H/t24-,25+;. The Labute approximate surface area is 261 Å². The van der Waals surface area contributed by atoms with Gasteiger partial charge in [-0.1, -0.05) is 23.7 Å². The van der Waals surface area contributed by atoms with Crippen molar-refractivity contribution >= 4 is 62.6 Å². The van der Waals surface area contributed by atoms with Gasteiger partial charge in [0.1, 0.15) is 0 Å². The molecule has 1 aliphatic heterocycles. The molecule has 11 nitrogen and oxygen atoms in total. The van der Waals surface area contributed by atoms with E-state index in [0.717, 1.165) is 21.9 Å². The van der Waals surface area contributed by atoms with E-state index in [2.05, 4.69) is 25.6 Å². The molecule has 2 N–H and O–H groups in total. The van der Waals surface area contributed by atoms with Gasteiger partial charge < -0.3 is 15.5 Å². The molecule has 4 aromatic rings. The van der Waals surface area contributed by atoms with Crippen LogP contribution in [0.1, 0.15) is 12.8 Å². The highest BCUT2D eigenvalue weighted by Crippen LogP contribution is 2.31. The number of aromatic nitrogens is 3. The molecular formula is C29H31Cl2N7O4S. The summed E-state index contributed by atoms with van der Waals surface area (Å²) in [7, 11) is -0.957. The summed E-state index contributed by atoms with van der Waals surface area (Å²) in [4.78, 5) is 40.4. The average Bonchev–Trinajstić information content (AvgIpc) is 3.01. The zero-order chi connectivity index (χ0) is 29.9. The summed E-state index contributed by atoms with van der Waals surface area (Å²) in [5.41, 5.74) is 1.65. The Morgan fingerprint density at radius 2 is 1.42 bits per heavy atom. The van der Waals surface area contributed by atoms with E-state index in [0.29, 0.717) is 11.0 Å². The molecule has 5 rings (SSSR count). The molecule has 0 unspecified atom stereocenters. The second-order valence-electron chi connectivity index (χ2n) is 9.95. The summed E-state index contributed by atoms with van der Waals surface area (Å²) in [6.07, 6.45) is 6.61. The number of amides is 2. The lowest BCUT2D eigenvalue weighted by molar-refractivity contribution is -0.121. The average molecular weight is 645 g/mol. The molecule has 0 saturated carbocycles. The number of nitrogens with one attached hydrogen (secondary N) is 2. The maximum absolute atomic E-state index is 14.0. The highest BCUT2D eigenvalue weighted by atomic mass is 35.5. The molecule has 14 heteroatoms. The largest absolute Gasteiger partial charge is 0.359 e.